The Kier molecular flexibility index (Phi) is 4.12. The van der Waals surface area contributed by atoms with E-state index >= 15 is 0 Å². The van der Waals surface area contributed by atoms with Gasteiger partial charge in [-0.2, -0.15) is 8.42 Å². The van der Waals surface area contributed by atoms with Crippen molar-refractivity contribution >= 4 is 26.6 Å². The highest BCUT2D eigenvalue weighted by Gasteiger charge is 2.34. The fourth-order valence-corrected chi connectivity index (χ4v) is 5.00. The van der Waals surface area contributed by atoms with Crippen LogP contribution in [0.25, 0.3) is 10.8 Å². The highest BCUT2D eigenvalue weighted by Crippen LogP contribution is 2.32. The lowest BCUT2D eigenvalue weighted by atomic mass is 10.1. The second-order valence-electron chi connectivity index (χ2n) is 6.03. The third-order valence-electron chi connectivity index (χ3n) is 4.54. The van der Waals surface area contributed by atoms with E-state index in [0.29, 0.717) is 30.1 Å². The molecule has 3 aromatic rings. The number of rotatable bonds is 4. The van der Waals surface area contributed by atoms with Crippen LogP contribution in [0.3, 0.4) is 0 Å². The van der Waals surface area contributed by atoms with E-state index in [1.54, 1.807) is 19.2 Å². The standard InChI is InChI=1S/C20H18N2O3S/c1-25-18-11-12-19(17-10-6-5-9-16(17)18)26(23,24)22-14-13-21-20(22)15-7-3-2-4-8-15/h2-12H,13-14H2,1H3/p+1. The molecule has 0 fully saturated rings. The van der Waals surface area contributed by atoms with Crippen molar-refractivity contribution in [3.05, 3.63) is 72.3 Å². The number of nitrogens with zero attached hydrogens (tertiary/aromatic N) is 1. The average molecular weight is 367 g/mol. The molecule has 0 atom stereocenters. The van der Waals surface area contributed by atoms with Crippen molar-refractivity contribution in [2.24, 2.45) is 0 Å². The van der Waals surface area contributed by atoms with Crippen molar-refractivity contribution in [3.63, 3.8) is 0 Å². The molecule has 5 nitrogen and oxygen atoms in total. The Balaban J connectivity index is 1.94. The monoisotopic (exact) mass is 367 g/mol. The normalized spacial score (nSPS) is 14.5. The molecule has 26 heavy (non-hydrogen) atoms. The van der Waals surface area contributed by atoms with Crippen molar-refractivity contribution in [2.45, 2.75) is 4.90 Å². The quantitative estimate of drug-likeness (QED) is 0.720. The van der Waals surface area contributed by atoms with E-state index in [-0.39, 0.29) is 4.90 Å². The molecule has 1 aliphatic heterocycles. The van der Waals surface area contributed by atoms with Crippen LogP contribution >= 0.6 is 0 Å². The Hall–Kier alpha value is -2.86. The van der Waals surface area contributed by atoms with Gasteiger partial charge in [-0.1, -0.05) is 42.5 Å². The van der Waals surface area contributed by atoms with Gasteiger partial charge in [0.2, 0.25) is 0 Å². The van der Waals surface area contributed by atoms with Crippen LogP contribution in [0.15, 0.2) is 71.6 Å². The lowest BCUT2D eigenvalue weighted by molar-refractivity contribution is -0.352. The minimum Gasteiger partial charge on any atom is -0.496 e. The van der Waals surface area contributed by atoms with Gasteiger partial charge in [-0.25, -0.2) is 0 Å². The topological polar surface area (TPSA) is 58.4 Å². The van der Waals surface area contributed by atoms with Gasteiger partial charge in [0.15, 0.2) is 0 Å². The smallest absolute Gasteiger partial charge is 0.331 e. The number of benzene rings is 3. The molecule has 132 valence electrons. The molecule has 4 rings (SSSR count). The fourth-order valence-electron chi connectivity index (χ4n) is 3.32. The third-order valence-corrected chi connectivity index (χ3v) is 6.39. The van der Waals surface area contributed by atoms with Crippen LogP contribution < -0.4 is 10.1 Å². The van der Waals surface area contributed by atoms with Gasteiger partial charge in [-0.05, 0) is 24.3 Å². The summed E-state index contributed by atoms with van der Waals surface area (Å²) in [5.41, 5.74) is 0.853. The summed E-state index contributed by atoms with van der Waals surface area (Å²) in [5, 5.41) is 4.65. The number of amidine groups is 1. The van der Waals surface area contributed by atoms with Gasteiger partial charge >= 0.3 is 10.0 Å². The van der Waals surface area contributed by atoms with E-state index in [1.165, 1.54) is 3.98 Å². The summed E-state index contributed by atoms with van der Waals surface area (Å²) in [5.74, 6) is 1.27. The molecular weight excluding hydrogens is 348 g/mol. The highest BCUT2D eigenvalue weighted by molar-refractivity contribution is 7.85. The number of methoxy groups -OCH3 is 1. The van der Waals surface area contributed by atoms with Gasteiger partial charge < -0.3 is 4.74 Å². The molecular formula is C20H19N2O3S+. The molecule has 0 unspecified atom stereocenters. The van der Waals surface area contributed by atoms with Crippen molar-refractivity contribution in [1.82, 2.24) is 5.32 Å². The zero-order valence-corrected chi connectivity index (χ0v) is 15.2. The van der Waals surface area contributed by atoms with Crippen LogP contribution in [0.2, 0.25) is 0 Å². The van der Waals surface area contributed by atoms with Gasteiger partial charge in [0.1, 0.15) is 23.7 Å². The van der Waals surface area contributed by atoms with Crippen molar-refractivity contribution < 1.29 is 17.1 Å². The summed E-state index contributed by atoms with van der Waals surface area (Å²) in [4.78, 5) is 0.283. The van der Waals surface area contributed by atoms with Gasteiger partial charge in [0.25, 0.3) is 5.84 Å². The first-order chi connectivity index (χ1) is 12.6. The lowest BCUT2D eigenvalue weighted by Gasteiger charge is -2.11. The molecule has 1 N–H and O–H groups in total. The molecule has 1 aliphatic rings. The highest BCUT2D eigenvalue weighted by atomic mass is 32.2. The number of fused-ring (bicyclic) bond motifs is 1. The van der Waals surface area contributed by atoms with Crippen LogP contribution in [0, 0.1) is 0 Å². The molecule has 0 spiro atoms. The van der Waals surface area contributed by atoms with Crippen LogP contribution in [0.5, 0.6) is 5.75 Å². The molecule has 0 aliphatic carbocycles. The van der Waals surface area contributed by atoms with E-state index in [2.05, 4.69) is 5.32 Å². The first-order valence-electron chi connectivity index (χ1n) is 8.37. The maximum atomic E-state index is 13.5. The van der Waals surface area contributed by atoms with Gasteiger partial charge in [0.05, 0.1) is 12.7 Å². The Labute approximate surface area is 152 Å². The Morgan fingerprint density at radius 1 is 0.923 bits per heavy atom. The summed E-state index contributed by atoms with van der Waals surface area (Å²) >= 11 is 0. The molecule has 0 amide bonds. The predicted molar refractivity (Wildman–Crippen MR) is 101 cm³/mol. The van der Waals surface area contributed by atoms with Crippen LogP contribution in [-0.2, 0) is 10.0 Å². The minimum absolute atomic E-state index is 0.283. The zero-order valence-electron chi connectivity index (χ0n) is 14.3. The summed E-state index contributed by atoms with van der Waals surface area (Å²) < 4.78 is 33.8. The number of nitrogens with one attached hydrogen (secondary N) is 1. The summed E-state index contributed by atoms with van der Waals surface area (Å²) in [6.45, 7) is 0.977. The lowest BCUT2D eigenvalue weighted by Crippen LogP contribution is -2.28. The molecule has 0 saturated heterocycles. The Bertz CT molecular complexity index is 1110. The second kappa shape index (κ2) is 6.46. The summed E-state index contributed by atoms with van der Waals surface area (Å²) in [6, 6.07) is 20.3. The summed E-state index contributed by atoms with van der Waals surface area (Å²) in [7, 11) is -2.12. The van der Waals surface area contributed by atoms with Crippen LogP contribution in [-0.4, -0.2) is 38.4 Å². The molecule has 3 aromatic carbocycles. The molecule has 6 heteroatoms. The molecule has 1 heterocycles. The molecule has 0 bridgehead atoms. The SMILES string of the molecule is COc1ccc(S(=O)(=O)[N+]2=C(c3ccccc3)NCC2)c2ccccc12. The fraction of sp³-hybridized carbons (Fsp3) is 0.150. The maximum Gasteiger partial charge on any atom is 0.331 e. The first kappa shape index (κ1) is 16.6. The van der Waals surface area contributed by atoms with Gasteiger partial charge in [-0.15, -0.1) is 3.98 Å². The largest absolute Gasteiger partial charge is 0.496 e. The number of sulfonamides is 1. The molecule has 0 saturated carbocycles. The van der Waals surface area contributed by atoms with E-state index in [1.807, 2.05) is 54.6 Å². The van der Waals surface area contributed by atoms with Crippen molar-refractivity contribution in [2.75, 3.05) is 20.2 Å². The molecule has 0 aromatic heterocycles. The second-order valence-corrected chi connectivity index (χ2v) is 7.86. The maximum absolute atomic E-state index is 13.5. The number of hydrogen-bond donors (Lipinski definition) is 1. The third kappa shape index (κ3) is 2.63. The van der Waals surface area contributed by atoms with Crippen molar-refractivity contribution in [1.29, 1.82) is 0 Å². The van der Waals surface area contributed by atoms with E-state index in [9.17, 15) is 8.42 Å². The predicted octanol–water partition coefficient (Wildman–Crippen LogP) is 2.60. The van der Waals surface area contributed by atoms with Crippen molar-refractivity contribution in [3.8, 4) is 5.75 Å². The number of hydrogen-bond acceptors (Lipinski definition) is 4. The van der Waals surface area contributed by atoms with E-state index in [0.717, 1.165) is 10.9 Å². The average Bonchev–Trinajstić information content (AvgIpc) is 3.18. The zero-order chi connectivity index (χ0) is 18.1. The molecule has 0 radical (unpaired) electrons. The minimum atomic E-state index is -3.71. The van der Waals surface area contributed by atoms with Crippen LogP contribution in [0.1, 0.15) is 5.56 Å². The Morgan fingerprint density at radius 2 is 1.62 bits per heavy atom. The van der Waals surface area contributed by atoms with E-state index < -0.39 is 10.0 Å². The van der Waals surface area contributed by atoms with E-state index in [4.69, 9.17) is 4.74 Å². The Morgan fingerprint density at radius 3 is 2.35 bits per heavy atom. The first-order valence-corrected chi connectivity index (χ1v) is 9.81. The number of ether oxygens (including phenoxy) is 1. The van der Waals surface area contributed by atoms with Gasteiger partial charge in [-0.3, -0.25) is 5.32 Å². The van der Waals surface area contributed by atoms with Gasteiger partial charge in [0, 0.05) is 10.8 Å². The van der Waals surface area contributed by atoms with Crippen LogP contribution in [0.4, 0.5) is 0 Å². The summed E-state index contributed by atoms with van der Waals surface area (Å²) in [6.07, 6.45) is 0.